The molecular formula is C9H19NO2. The minimum Gasteiger partial charge on any atom is -0.392 e. The topological polar surface area (TPSA) is 41.5 Å². The highest BCUT2D eigenvalue weighted by Gasteiger charge is 2.32. The molecule has 1 saturated heterocycles. The van der Waals surface area contributed by atoms with Crippen molar-refractivity contribution in [3.63, 3.8) is 0 Å². The normalized spacial score (nSPS) is 23.2. The molecule has 3 heteroatoms. The SMILES string of the molecule is CCC(O)CNCC1(C)COC1. The van der Waals surface area contributed by atoms with Crippen LogP contribution in [0.1, 0.15) is 20.3 Å². The van der Waals surface area contributed by atoms with Gasteiger partial charge >= 0.3 is 0 Å². The van der Waals surface area contributed by atoms with Crippen LogP contribution in [0.4, 0.5) is 0 Å². The van der Waals surface area contributed by atoms with E-state index < -0.39 is 0 Å². The average molecular weight is 173 g/mol. The van der Waals surface area contributed by atoms with Gasteiger partial charge in [-0.2, -0.15) is 0 Å². The molecule has 2 N–H and O–H groups in total. The first-order chi connectivity index (χ1) is 5.66. The summed E-state index contributed by atoms with van der Waals surface area (Å²) in [4.78, 5) is 0. The quantitative estimate of drug-likeness (QED) is 0.631. The van der Waals surface area contributed by atoms with E-state index in [9.17, 15) is 5.11 Å². The van der Waals surface area contributed by atoms with Crippen LogP contribution < -0.4 is 5.32 Å². The summed E-state index contributed by atoms with van der Waals surface area (Å²) in [5.41, 5.74) is 0.313. The van der Waals surface area contributed by atoms with Crippen molar-refractivity contribution in [3.05, 3.63) is 0 Å². The molecule has 12 heavy (non-hydrogen) atoms. The van der Waals surface area contributed by atoms with Crippen LogP contribution in [0.25, 0.3) is 0 Å². The summed E-state index contributed by atoms with van der Waals surface area (Å²) >= 11 is 0. The maximum Gasteiger partial charge on any atom is 0.0662 e. The Balaban J connectivity index is 2.01. The first-order valence-corrected chi connectivity index (χ1v) is 4.63. The fourth-order valence-corrected chi connectivity index (χ4v) is 1.24. The molecule has 1 unspecified atom stereocenters. The van der Waals surface area contributed by atoms with Crippen molar-refractivity contribution in [3.8, 4) is 0 Å². The van der Waals surface area contributed by atoms with Crippen molar-refractivity contribution in [2.24, 2.45) is 5.41 Å². The summed E-state index contributed by atoms with van der Waals surface area (Å²) in [5.74, 6) is 0. The van der Waals surface area contributed by atoms with Crippen molar-refractivity contribution < 1.29 is 9.84 Å². The molecular weight excluding hydrogens is 154 g/mol. The molecule has 0 radical (unpaired) electrons. The number of nitrogens with one attached hydrogen (secondary N) is 1. The van der Waals surface area contributed by atoms with E-state index in [1.165, 1.54) is 0 Å². The highest BCUT2D eigenvalue weighted by molar-refractivity contribution is 4.83. The van der Waals surface area contributed by atoms with Crippen LogP contribution in [-0.2, 0) is 4.74 Å². The van der Waals surface area contributed by atoms with Crippen LogP contribution in [0.5, 0.6) is 0 Å². The third-order valence-corrected chi connectivity index (χ3v) is 2.30. The Bertz CT molecular complexity index is 134. The van der Waals surface area contributed by atoms with Gasteiger partial charge in [0.1, 0.15) is 0 Å². The minimum absolute atomic E-state index is 0.199. The van der Waals surface area contributed by atoms with Gasteiger partial charge in [0.05, 0.1) is 19.3 Å². The Labute approximate surface area is 74.1 Å². The van der Waals surface area contributed by atoms with Gasteiger partial charge in [0, 0.05) is 18.5 Å². The highest BCUT2D eigenvalue weighted by Crippen LogP contribution is 2.24. The van der Waals surface area contributed by atoms with Gasteiger partial charge in [-0.3, -0.25) is 0 Å². The molecule has 0 aromatic rings. The second-order valence-corrected chi connectivity index (χ2v) is 4.00. The molecule has 1 atom stereocenters. The van der Waals surface area contributed by atoms with Crippen LogP contribution in [0.2, 0.25) is 0 Å². The lowest BCUT2D eigenvalue weighted by Crippen LogP contribution is -2.48. The number of rotatable bonds is 5. The van der Waals surface area contributed by atoms with Gasteiger partial charge in [-0.25, -0.2) is 0 Å². The summed E-state index contributed by atoms with van der Waals surface area (Å²) < 4.78 is 5.12. The molecule has 72 valence electrons. The fourth-order valence-electron chi connectivity index (χ4n) is 1.24. The van der Waals surface area contributed by atoms with Gasteiger partial charge in [0.25, 0.3) is 0 Å². The van der Waals surface area contributed by atoms with Gasteiger partial charge in [-0.1, -0.05) is 13.8 Å². The molecule has 1 rings (SSSR count). The maximum atomic E-state index is 9.25. The largest absolute Gasteiger partial charge is 0.392 e. The first-order valence-electron chi connectivity index (χ1n) is 4.63. The number of ether oxygens (including phenoxy) is 1. The second-order valence-electron chi connectivity index (χ2n) is 4.00. The predicted molar refractivity (Wildman–Crippen MR) is 48.1 cm³/mol. The van der Waals surface area contributed by atoms with E-state index >= 15 is 0 Å². The molecule has 1 heterocycles. The maximum absolute atomic E-state index is 9.25. The van der Waals surface area contributed by atoms with E-state index in [0.29, 0.717) is 12.0 Å². The van der Waals surface area contributed by atoms with E-state index in [-0.39, 0.29) is 6.10 Å². The third-order valence-electron chi connectivity index (χ3n) is 2.30. The van der Waals surface area contributed by atoms with E-state index in [0.717, 1.165) is 26.2 Å². The first kappa shape index (κ1) is 9.96. The Hall–Kier alpha value is -0.120. The van der Waals surface area contributed by atoms with Crippen LogP contribution in [0.15, 0.2) is 0 Å². The van der Waals surface area contributed by atoms with Gasteiger partial charge in [-0.05, 0) is 6.42 Å². The van der Waals surface area contributed by atoms with Crippen LogP contribution >= 0.6 is 0 Å². The fraction of sp³-hybridized carbons (Fsp3) is 1.00. The Morgan fingerprint density at radius 2 is 2.25 bits per heavy atom. The van der Waals surface area contributed by atoms with Gasteiger partial charge in [0.2, 0.25) is 0 Å². The lowest BCUT2D eigenvalue weighted by molar-refractivity contribution is -0.0996. The zero-order valence-electron chi connectivity index (χ0n) is 7.97. The van der Waals surface area contributed by atoms with Crippen molar-refractivity contribution in [1.82, 2.24) is 5.32 Å². The van der Waals surface area contributed by atoms with Crippen molar-refractivity contribution in [2.45, 2.75) is 26.4 Å². The average Bonchev–Trinajstić information content (AvgIpc) is 2.01. The van der Waals surface area contributed by atoms with E-state index in [1.54, 1.807) is 0 Å². The van der Waals surface area contributed by atoms with E-state index in [1.807, 2.05) is 6.92 Å². The molecule has 0 aromatic heterocycles. The summed E-state index contributed by atoms with van der Waals surface area (Å²) in [6.07, 6.45) is 0.620. The molecule has 0 aliphatic carbocycles. The summed E-state index contributed by atoms with van der Waals surface area (Å²) in [5, 5.41) is 12.5. The second kappa shape index (κ2) is 4.21. The smallest absolute Gasteiger partial charge is 0.0662 e. The van der Waals surface area contributed by atoms with Gasteiger partial charge < -0.3 is 15.2 Å². The standard InChI is InChI=1S/C9H19NO2/c1-3-8(11)4-10-5-9(2)6-12-7-9/h8,10-11H,3-7H2,1-2H3. The summed E-state index contributed by atoms with van der Waals surface area (Å²) in [7, 11) is 0. The monoisotopic (exact) mass is 173 g/mol. The molecule has 1 aliphatic heterocycles. The molecule has 0 aromatic carbocycles. The Kier molecular flexibility index (Phi) is 3.50. The molecule has 1 fully saturated rings. The van der Waals surface area contributed by atoms with Gasteiger partial charge in [0.15, 0.2) is 0 Å². The highest BCUT2D eigenvalue weighted by atomic mass is 16.5. The van der Waals surface area contributed by atoms with Gasteiger partial charge in [-0.15, -0.1) is 0 Å². The van der Waals surface area contributed by atoms with Crippen molar-refractivity contribution in [1.29, 1.82) is 0 Å². The number of aliphatic hydroxyl groups is 1. The van der Waals surface area contributed by atoms with E-state index in [4.69, 9.17) is 4.74 Å². The number of hydrogen-bond donors (Lipinski definition) is 2. The van der Waals surface area contributed by atoms with Crippen LogP contribution in [0.3, 0.4) is 0 Å². The molecule has 1 aliphatic rings. The Morgan fingerprint density at radius 3 is 2.67 bits per heavy atom. The molecule has 0 spiro atoms. The molecule has 3 nitrogen and oxygen atoms in total. The molecule has 0 amide bonds. The molecule has 0 bridgehead atoms. The predicted octanol–water partition coefficient (Wildman–Crippen LogP) is 0.383. The van der Waals surface area contributed by atoms with Crippen molar-refractivity contribution in [2.75, 3.05) is 26.3 Å². The van der Waals surface area contributed by atoms with Crippen LogP contribution in [0, 0.1) is 5.41 Å². The lowest BCUT2D eigenvalue weighted by atomic mass is 9.89. The van der Waals surface area contributed by atoms with Crippen molar-refractivity contribution >= 4 is 0 Å². The molecule has 0 saturated carbocycles. The number of hydrogen-bond acceptors (Lipinski definition) is 3. The van der Waals surface area contributed by atoms with Crippen LogP contribution in [-0.4, -0.2) is 37.5 Å². The lowest BCUT2D eigenvalue weighted by Gasteiger charge is -2.38. The number of aliphatic hydroxyl groups excluding tert-OH is 1. The zero-order chi connectivity index (χ0) is 9.03. The Morgan fingerprint density at radius 1 is 1.58 bits per heavy atom. The van der Waals surface area contributed by atoms with E-state index in [2.05, 4.69) is 12.2 Å². The summed E-state index contributed by atoms with van der Waals surface area (Å²) in [6, 6.07) is 0. The third kappa shape index (κ3) is 2.73. The summed E-state index contributed by atoms with van der Waals surface area (Å²) in [6.45, 7) is 7.53. The zero-order valence-corrected chi connectivity index (χ0v) is 7.97. The minimum atomic E-state index is -0.199.